The molecular weight excluding hydrogens is 238 g/mol. The summed E-state index contributed by atoms with van der Waals surface area (Å²) in [6, 6.07) is 2.81. The second-order valence-electron chi connectivity index (χ2n) is 5.40. The predicted molar refractivity (Wildman–Crippen MR) is 78.4 cm³/mol. The molecule has 1 aromatic rings. The van der Waals surface area contributed by atoms with Crippen molar-refractivity contribution in [3.8, 4) is 11.5 Å². The fraction of sp³-hybridized carbons (Fsp3) is 0.625. The number of rotatable bonds is 4. The van der Waals surface area contributed by atoms with Gasteiger partial charge in [0.05, 0.1) is 14.2 Å². The Morgan fingerprint density at radius 3 is 2.47 bits per heavy atom. The summed E-state index contributed by atoms with van der Waals surface area (Å²) < 4.78 is 11.1. The van der Waals surface area contributed by atoms with Crippen molar-refractivity contribution >= 4 is 0 Å². The van der Waals surface area contributed by atoms with Gasteiger partial charge in [0, 0.05) is 6.04 Å². The molecule has 1 fully saturated rings. The number of hydrogen-bond acceptors (Lipinski definition) is 3. The van der Waals surface area contributed by atoms with E-state index >= 15 is 0 Å². The molecule has 0 saturated carbocycles. The molecule has 19 heavy (non-hydrogen) atoms. The van der Waals surface area contributed by atoms with Crippen LogP contribution in [0.25, 0.3) is 0 Å². The third kappa shape index (κ3) is 3.03. The van der Waals surface area contributed by atoms with Crippen molar-refractivity contribution in [2.75, 3.05) is 20.8 Å². The minimum absolute atomic E-state index is 0.564. The second-order valence-corrected chi connectivity index (χ2v) is 5.40. The highest BCUT2D eigenvalue weighted by Gasteiger charge is 2.19. The van der Waals surface area contributed by atoms with Crippen LogP contribution >= 0.6 is 0 Å². The Kier molecular flexibility index (Phi) is 4.70. The van der Waals surface area contributed by atoms with E-state index in [0.29, 0.717) is 6.04 Å². The van der Waals surface area contributed by atoms with Gasteiger partial charge < -0.3 is 14.8 Å². The van der Waals surface area contributed by atoms with Gasteiger partial charge in [-0.3, -0.25) is 0 Å². The van der Waals surface area contributed by atoms with E-state index in [0.717, 1.165) is 24.5 Å². The Bertz CT molecular complexity index is 437. The average molecular weight is 263 g/mol. The molecule has 2 rings (SSSR count). The number of nitrogens with one attached hydrogen (secondary N) is 1. The summed E-state index contributed by atoms with van der Waals surface area (Å²) in [5.41, 5.74) is 3.69. The quantitative estimate of drug-likeness (QED) is 0.906. The van der Waals surface area contributed by atoms with Crippen molar-refractivity contribution < 1.29 is 9.47 Å². The van der Waals surface area contributed by atoms with E-state index in [9.17, 15) is 0 Å². The number of benzene rings is 1. The zero-order valence-electron chi connectivity index (χ0n) is 12.5. The van der Waals surface area contributed by atoms with E-state index in [1.54, 1.807) is 14.2 Å². The summed E-state index contributed by atoms with van der Waals surface area (Å²) in [6.45, 7) is 5.35. The number of aryl methyl sites for hydroxylation is 1. The second kappa shape index (κ2) is 6.29. The standard InChI is InChI=1S/C16H25NO2/c1-11-9-13(10-14-7-5-6-8-17-14)16(19-4)15(18-3)12(11)2/h9,14,17H,5-8,10H2,1-4H3. The molecular formula is C16H25NO2. The van der Waals surface area contributed by atoms with Crippen LogP contribution in [0.15, 0.2) is 6.07 Å². The molecule has 1 heterocycles. The van der Waals surface area contributed by atoms with Crippen molar-refractivity contribution in [3.05, 3.63) is 22.8 Å². The zero-order valence-corrected chi connectivity index (χ0v) is 12.5. The largest absolute Gasteiger partial charge is 0.493 e. The number of hydrogen-bond donors (Lipinski definition) is 1. The topological polar surface area (TPSA) is 30.5 Å². The molecule has 1 atom stereocenters. The van der Waals surface area contributed by atoms with E-state index in [2.05, 4.69) is 25.2 Å². The summed E-state index contributed by atoms with van der Waals surface area (Å²) in [5, 5.41) is 3.59. The molecule has 0 bridgehead atoms. The minimum Gasteiger partial charge on any atom is -0.493 e. The van der Waals surface area contributed by atoms with Gasteiger partial charge in [-0.25, -0.2) is 0 Å². The molecule has 1 aliphatic heterocycles. The fourth-order valence-electron chi connectivity index (χ4n) is 2.92. The van der Waals surface area contributed by atoms with Crippen molar-refractivity contribution in [1.82, 2.24) is 5.32 Å². The fourth-order valence-corrected chi connectivity index (χ4v) is 2.92. The highest BCUT2D eigenvalue weighted by molar-refractivity contribution is 5.55. The zero-order chi connectivity index (χ0) is 13.8. The van der Waals surface area contributed by atoms with Crippen LogP contribution in [-0.4, -0.2) is 26.8 Å². The molecule has 0 radical (unpaired) electrons. The monoisotopic (exact) mass is 263 g/mol. The van der Waals surface area contributed by atoms with E-state index in [1.165, 1.54) is 36.0 Å². The van der Waals surface area contributed by atoms with E-state index in [1.807, 2.05) is 0 Å². The van der Waals surface area contributed by atoms with Gasteiger partial charge in [0.15, 0.2) is 11.5 Å². The molecule has 3 nitrogen and oxygen atoms in total. The SMILES string of the molecule is COc1c(CC2CCCCN2)cc(C)c(C)c1OC. The summed E-state index contributed by atoms with van der Waals surface area (Å²) in [6.07, 6.45) is 4.88. The van der Waals surface area contributed by atoms with Crippen molar-refractivity contribution in [2.45, 2.75) is 45.6 Å². The van der Waals surface area contributed by atoms with Crippen LogP contribution in [0.2, 0.25) is 0 Å². The van der Waals surface area contributed by atoms with Crippen LogP contribution in [0.3, 0.4) is 0 Å². The number of ether oxygens (including phenoxy) is 2. The molecule has 1 saturated heterocycles. The van der Waals surface area contributed by atoms with Gasteiger partial charge in [0.25, 0.3) is 0 Å². The van der Waals surface area contributed by atoms with Crippen molar-refractivity contribution in [1.29, 1.82) is 0 Å². The van der Waals surface area contributed by atoms with Crippen LogP contribution in [0.4, 0.5) is 0 Å². The lowest BCUT2D eigenvalue weighted by atomic mass is 9.94. The Balaban J connectivity index is 2.30. The third-order valence-electron chi connectivity index (χ3n) is 4.11. The van der Waals surface area contributed by atoms with Crippen LogP contribution < -0.4 is 14.8 Å². The van der Waals surface area contributed by atoms with Gasteiger partial charge >= 0.3 is 0 Å². The van der Waals surface area contributed by atoms with Gasteiger partial charge in [0.2, 0.25) is 0 Å². The van der Waals surface area contributed by atoms with E-state index < -0.39 is 0 Å². The highest BCUT2D eigenvalue weighted by atomic mass is 16.5. The molecule has 0 aromatic heterocycles. The van der Waals surface area contributed by atoms with Gasteiger partial charge in [-0.15, -0.1) is 0 Å². The van der Waals surface area contributed by atoms with Gasteiger partial charge in [-0.2, -0.15) is 0 Å². The maximum Gasteiger partial charge on any atom is 0.164 e. The lowest BCUT2D eigenvalue weighted by Gasteiger charge is -2.25. The van der Waals surface area contributed by atoms with Crippen LogP contribution in [0, 0.1) is 13.8 Å². The first kappa shape index (κ1) is 14.2. The predicted octanol–water partition coefficient (Wildman–Crippen LogP) is 3.01. The lowest BCUT2D eigenvalue weighted by Crippen LogP contribution is -2.35. The molecule has 3 heteroatoms. The van der Waals surface area contributed by atoms with Crippen LogP contribution in [0.1, 0.15) is 36.0 Å². The van der Waals surface area contributed by atoms with E-state index in [-0.39, 0.29) is 0 Å². The Morgan fingerprint density at radius 1 is 1.16 bits per heavy atom. The molecule has 1 aromatic carbocycles. The molecule has 1 unspecified atom stereocenters. The Morgan fingerprint density at radius 2 is 1.89 bits per heavy atom. The van der Waals surface area contributed by atoms with Crippen molar-refractivity contribution in [2.24, 2.45) is 0 Å². The smallest absolute Gasteiger partial charge is 0.164 e. The first-order valence-electron chi connectivity index (χ1n) is 7.11. The van der Waals surface area contributed by atoms with Gasteiger partial charge in [-0.1, -0.05) is 12.5 Å². The Labute approximate surface area is 116 Å². The average Bonchev–Trinajstić information content (AvgIpc) is 2.43. The molecule has 1 aliphatic rings. The van der Waals surface area contributed by atoms with Crippen LogP contribution in [-0.2, 0) is 6.42 Å². The summed E-state index contributed by atoms with van der Waals surface area (Å²) in [4.78, 5) is 0. The van der Waals surface area contributed by atoms with Crippen LogP contribution in [0.5, 0.6) is 11.5 Å². The summed E-state index contributed by atoms with van der Waals surface area (Å²) in [5.74, 6) is 1.78. The number of methoxy groups -OCH3 is 2. The van der Waals surface area contributed by atoms with Crippen molar-refractivity contribution in [3.63, 3.8) is 0 Å². The lowest BCUT2D eigenvalue weighted by molar-refractivity contribution is 0.343. The normalized spacial score (nSPS) is 19.3. The van der Waals surface area contributed by atoms with Gasteiger partial charge in [-0.05, 0) is 56.3 Å². The molecule has 0 amide bonds. The van der Waals surface area contributed by atoms with E-state index in [4.69, 9.17) is 9.47 Å². The molecule has 0 aliphatic carbocycles. The third-order valence-corrected chi connectivity index (χ3v) is 4.11. The molecule has 1 N–H and O–H groups in total. The maximum atomic E-state index is 5.59. The highest BCUT2D eigenvalue weighted by Crippen LogP contribution is 2.37. The molecule has 0 spiro atoms. The first-order valence-corrected chi connectivity index (χ1v) is 7.11. The number of piperidine rings is 1. The molecule has 106 valence electrons. The minimum atomic E-state index is 0.564. The van der Waals surface area contributed by atoms with Gasteiger partial charge in [0.1, 0.15) is 0 Å². The summed E-state index contributed by atoms with van der Waals surface area (Å²) in [7, 11) is 3.44. The Hall–Kier alpha value is -1.22. The first-order chi connectivity index (χ1) is 9.17. The maximum absolute atomic E-state index is 5.59. The summed E-state index contributed by atoms with van der Waals surface area (Å²) >= 11 is 0.